The fourth-order valence-corrected chi connectivity index (χ4v) is 1.30. The molecule has 0 atom stereocenters. The number of imidazole rings is 1. The topological polar surface area (TPSA) is 105 Å². The number of nitrogens with one attached hydrogen (secondary N) is 1. The molecule has 8 heteroatoms. The van der Waals surface area contributed by atoms with Gasteiger partial charge in [-0.1, -0.05) is 0 Å². The standard InChI is InChI=1S/C9H12N4O4/c1-10-9(17)7-8(12(2)5-14)11-4-13(7)3-6(15)16/h4-5H,3H2,1-2H3,(H,10,17)(H,15,16). The average molecular weight is 240 g/mol. The van der Waals surface area contributed by atoms with Crippen LogP contribution in [0.15, 0.2) is 6.33 Å². The van der Waals surface area contributed by atoms with E-state index in [1.807, 2.05) is 0 Å². The summed E-state index contributed by atoms with van der Waals surface area (Å²) in [5.41, 5.74) is 0.0319. The number of amides is 2. The van der Waals surface area contributed by atoms with Crippen LogP contribution in [0.25, 0.3) is 0 Å². The summed E-state index contributed by atoms with van der Waals surface area (Å²) in [5.74, 6) is -1.50. The van der Waals surface area contributed by atoms with Gasteiger partial charge in [-0.05, 0) is 0 Å². The molecule has 0 unspecified atom stereocenters. The third kappa shape index (κ3) is 2.60. The van der Waals surface area contributed by atoms with Gasteiger partial charge in [0.15, 0.2) is 11.5 Å². The number of carbonyl (C=O) groups is 3. The Morgan fingerprint density at radius 1 is 1.65 bits per heavy atom. The Bertz CT molecular complexity index is 454. The summed E-state index contributed by atoms with van der Waals surface area (Å²) in [6.07, 6.45) is 1.69. The molecule has 2 amide bonds. The highest BCUT2D eigenvalue weighted by Crippen LogP contribution is 2.16. The van der Waals surface area contributed by atoms with Crippen LogP contribution in [0, 0.1) is 0 Å². The Labute approximate surface area is 96.8 Å². The Morgan fingerprint density at radius 3 is 2.76 bits per heavy atom. The van der Waals surface area contributed by atoms with Crippen molar-refractivity contribution in [2.24, 2.45) is 0 Å². The summed E-state index contributed by atoms with van der Waals surface area (Å²) in [4.78, 5) is 37.8. The lowest BCUT2D eigenvalue weighted by Gasteiger charge is -2.11. The third-order valence-corrected chi connectivity index (χ3v) is 2.06. The first-order valence-electron chi connectivity index (χ1n) is 4.68. The zero-order valence-electron chi connectivity index (χ0n) is 9.38. The maximum atomic E-state index is 11.6. The Morgan fingerprint density at radius 2 is 2.29 bits per heavy atom. The average Bonchev–Trinajstić information content (AvgIpc) is 2.69. The number of hydrogen-bond acceptors (Lipinski definition) is 4. The van der Waals surface area contributed by atoms with Crippen LogP contribution in [0.5, 0.6) is 0 Å². The van der Waals surface area contributed by atoms with E-state index in [1.165, 1.54) is 20.4 Å². The molecule has 1 heterocycles. The van der Waals surface area contributed by atoms with E-state index < -0.39 is 18.4 Å². The number of anilines is 1. The van der Waals surface area contributed by atoms with Gasteiger partial charge in [0.25, 0.3) is 5.91 Å². The predicted octanol–water partition coefficient (Wildman–Crippen LogP) is -1.08. The molecule has 0 aliphatic rings. The van der Waals surface area contributed by atoms with E-state index in [-0.39, 0.29) is 11.5 Å². The lowest BCUT2D eigenvalue weighted by Crippen LogP contribution is -2.26. The number of aromatic nitrogens is 2. The quantitative estimate of drug-likeness (QED) is 0.637. The zero-order chi connectivity index (χ0) is 13.0. The van der Waals surface area contributed by atoms with E-state index in [0.717, 1.165) is 9.47 Å². The van der Waals surface area contributed by atoms with E-state index in [0.29, 0.717) is 6.41 Å². The molecule has 2 N–H and O–H groups in total. The maximum Gasteiger partial charge on any atom is 0.323 e. The lowest BCUT2D eigenvalue weighted by molar-refractivity contribution is -0.137. The fourth-order valence-electron chi connectivity index (χ4n) is 1.30. The molecule has 8 nitrogen and oxygen atoms in total. The van der Waals surface area contributed by atoms with E-state index >= 15 is 0 Å². The SMILES string of the molecule is CNC(=O)c1c(N(C)C=O)ncn1CC(=O)O. The van der Waals surface area contributed by atoms with Gasteiger partial charge >= 0.3 is 5.97 Å². The largest absolute Gasteiger partial charge is 0.480 e. The first kappa shape index (κ1) is 12.7. The molecule has 0 saturated heterocycles. The number of hydrogen-bond donors (Lipinski definition) is 2. The molecule has 1 rings (SSSR count). The molecular weight excluding hydrogens is 228 g/mol. The summed E-state index contributed by atoms with van der Waals surface area (Å²) in [6.45, 7) is -0.400. The van der Waals surface area contributed by atoms with Crippen molar-refractivity contribution in [3.8, 4) is 0 Å². The summed E-state index contributed by atoms with van der Waals surface area (Å²) in [6, 6.07) is 0. The second-order valence-corrected chi connectivity index (χ2v) is 3.23. The Hall–Kier alpha value is -2.38. The van der Waals surface area contributed by atoms with Crippen LogP contribution >= 0.6 is 0 Å². The van der Waals surface area contributed by atoms with E-state index in [2.05, 4.69) is 10.3 Å². The summed E-state index contributed by atoms with van der Waals surface area (Å²) >= 11 is 0. The van der Waals surface area contributed by atoms with Crippen molar-refractivity contribution in [2.75, 3.05) is 19.0 Å². The van der Waals surface area contributed by atoms with Gasteiger partial charge in [-0.3, -0.25) is 14.4 Å². The van der Waals surface area contributed by atoms with Crippen molar-refractivity contribution in [2.45, 2.75) is 6.54 Å². The van der Waals surface area contributed by atoms with Crippen molar-refractivity contribution in [1.29, 1.82) is 0 Å². The van der Waals surface area contributed by atoms with Crippen molar-refractivity contribution >= 4 is 24.1 Å². The van der Waals surface area contributed by atoms with Gasteiger partial charge in [0, 0.05) is 14.1 Å². The highest BCUT2D eigenvalue weighted by atomic mass is 16.4. The summed E-state index contributed by atoms with van der Waals surface area (Å²) in [5, 5.41) is 11.1. The van der Waals surface area contributed by atoms with Gasteiger partial charge in [-0.2, -0.15) is 0 Å². The fraction of sp³-hybridized carbons (Fsp3) is 0.333. The second-order valence-electron chi connectivity index (χ2n) is 3.23. The van der Waals surface area contributed by atoms with Crippen LogP contribution in [-0.2, 0) is 16.1 Å². The number of rotatable bonds is 5. The lowest BCUT2D eigenvalue weighted by atomic mass is 10.3. The molecule has 0 aromatic carbocycles. The maximum absolute atomic E-state index is 11.6. The number of nitrogens with zero attached hydrogens (tertiary/aromatic N) is 3. The van der Waals surface area contributed by atoms with E-state index in [4.69, 9.17) is 5.11 Å². The summed E-state index contributed by atoms with van der Waals surface area (Å²) < 4.78 is 1.16. The molecule has 0 aliphatic heterocycles. The second kappa shape index (κ2) is 5.10. The molecule has 0 bridgehead atoms. The number of carboxylic acids is 1. The van der Waals surface area contributed by atoms with E-state index in [1.54, 1.807) is 0 Å². The number of carbonyl (C=O) groups excluding carboxylic acids is 2. The van der Waals surface area contributed by atoms with Gasteiger partial charge in [0.1, 0.15) is 6.54 Å². The van der Waals surface area contributed by atoms with Crippen LogP contribution in [0.1, 0.15) is 10.5 Å². The Balaban J connectivity index is 3.23. The molecule has 0 spiro atoms. The molecule has 0 radical (unpaired) electrons. The smallest absolute Gasteiger partial charge is 0.323 e. The molecule has 0 fully saturated rings. The Kier molecular flexibility index (Phi) is 3.81. The van der Waals surface area contributed by atoms with Crippen LogP contribution < -0.4 is 10.2 Å². The first-order chi connectivity index (χ1) is 8.01. The molecule has 1 aromatic heterocycles. The molecule has 0 saturated carbocycles. The monoisotopic (exact) mass is 240 g/mol. The van der Waals surface area contributed by atoms with Crippen LogP contribution in [0.3, 0.4) is 0 Å². The first-order valence-corrected chi connectivity index (χ1v) is 4.68. The van der Waals surface area contributed by atoms with E-state index in [9.17, 15) is 14.4 Å². The van der Waals surface area contributed by atoms with Crippen molar-refractivity contribution < 1.29 is 19.5 Å². The number of aliphatic carboxylic acids is 1. The number of carboxylic acid groups (broad SMARTS) is 1. The van der Waals surface area contributed by atoms with Gasteiger partial charge < -0.3 is 19.9 Å². The van der Waals surface area contributed by atoms with Crippen LogP contribution in [0.4, 0.5) is 5.82 Å². The van der Waals surface area contributed by atoms with Crippen molar-refractivity contribution in [3.05, 3.63) is 12.0 Å². The van der Waals surface area contributed by atoms with Crippen LogP contribution in [-0.4, -0.2) is 47.0 Å². The summed E-state index contributed by atoms with van der Waals surface area (Å²) in [7, 11) is 2.83. The van der Waals surface area contributed by atoms with Crippen LogP contribution in [0.2, 0.25) is 0 Å². The minimum atomic E-state index is -1.10. The van der Waals surface area contributed by atoms with Gasteiger partial charge in [0.05, 0.1) is 6.33 Å². The molecule has 92 valence electrons. The molecule has 1 aromatic rings. The van der Waals surface area contributed by atoms with Gasteiger partial charge in [0.2, 0.25) is 6.41 Å². The minimum Gasteiger partial charge on any atom is -0.480 e. The van der Waals surface area contributed by atoms with Gasteiger partial charge in [-0.25, -0.2) is 4.98 Å². The minimum absolute atomic E-state index is 0.0319. The van der Waals surface area contributed by atoms with Crippen molar-refractivity contribution in [3.63, 3.8) is 0 Å². The predicted molar refractivity (Wildman–Crippen MR) is 57.7 cm³/mol. The van der Waals surface area contributed by atoms with Gasteiger partial charge in [-0.15, -0.1) is 0 Å². The zero-order valence-corrected chi connectivity index (χ0v) is 9.38. The molecular formula is C9H12N4O4. The molecule has 17 heavy (non-hydrogen) atoms. The normalized spacial score (nSPS) is 9.76. The van der Waals surface area contributed by atoms with Crippen molar-refractivity contribution in [1.82, 2.24) is 14.9 Å². The highest BCUT2D eigenvalue weighted by molar-refractivity contribution is 5.99. The third-order valence-electron chi connectivity index (χ3n) is 2.06. The molecule has 0 aliphatic carbocycles. The highest BCUT2D eigenvalue weighted by Gasteiger charge is 2.21.